The highest BCUT2D eigenvalue weighted by atomic mass is 16.7. The Morgan fingerprint density at radius 3 is 2.54 bits per heavy atom. The number of ether oxygens (including phenoxy) is 3. The predicted molar refractivity (Wildman–Crippen MR) is 133 cm³/mol. The van der Waals surface area contributed by atoms with Gasteiger partial charge >= 0.3 is 5.97 Å². The summed E-state index contributed by atoms with van der Waals surface area (Å²) < 4.78 is 17.2. The maximum absolute atomic E-state index is 14.3. The zero-order valence-electron chi connectivity index (χ0n) is 21.3. The van der Waals surface area contributed by atoms with Gasteiger partial charge in [-0.05, 0) is 44.5 Å². The lowest BCUT2D eigenvalue weighted by Crippen LogP contribution is -2.49. The van der Waals surface area contributed by atoms with Gasteiger partial charge in [0.1, 0.15) is 23.3 Å². The predicted octanol–water partition coefficient (Wildman–Crippen LogP) is 1.35. The third-order valence-corrected chi connectivity index (χ3v) is 7.66. The number of carbonyl (C=O) groups is 3. The number of nitrogens with zero attached hydrogens (tertiary/aromatic N) is 1. The normalized spacial score (nSPS) is 30.3. The number of phenols is 1. The smallest absolute Gasteiger partial charge is 0.333 e. The number of aromatic hydroxyl groups is 1. The van der Waals surface area contributed by atoms with Crippen LogP contribution in [0, 0.1) is 6.92 Å². The Balaban J connectivity index is 1.52. The molecule has 39 heavy (non-hydrogen) atoms. The lowest BCUT2D eigenvalue weighted by molar-refractivity contribution is -0.216. The number of aliphatic hydroxyl groups excluding tert-OH is 3. The van der Waals surface area contributed by atoms with Crippen LogP contribution in [0.2, 0.25) is 0 Å². The summed E-state index contributed by atoms with van der Waals surface area (Å²) in [4.78, 5) is 42.5. The second-order valence-corrected chi connectivity index (χ2v) is 10.4. The zero-order chi connectivity index (χ0) is 27.9. The number of Topliss-reactive ketones (excluding diaryl/α,β-unsaturated/α-hetero) is 2. The van der Waals surface area contributed by atoms with E-state index >= 15 is 0 Å². The summed E-state index contributed by atoms with van der Waals surface area (Å²) in [5, 5.41) is 41.6. The minimum absolute atomic E-state index is 0.00806. The van der Waals surface area contributed by atoms with Crippen molar-refractivity contribution in [3.8, 4) is 11.5 Å². The van der Waals surface area contributed by atoms with Crippen LogP contribution in [-0.4, -0.2) is 79.6 Å². The highest BCUT2D eigenvalue weighted by molar-refractivity contribution is 6.41. The fourth-order valence-electron chi connectivity index (χ4n) is 5.90. The number of fused-ring (bicyclic) bond motifs is 6. The SMILES string of the molecule is Cc1cc(O)c2c(c1)[C@@H]1OC(=O)[C@H]([C@H](C)O)N1C1=C2C(=O)c2cccc(O[C@H]3C[C@@H](O)[C@@H](O)[C@H](C)O3)c2C1=O. The van der Waals surface area contributed by atoms with Crippen LogP contribution >= 0.6 is 0 Å². The summed E-state index contributed by atoms with van der Waals surface area (Å²) >= 11 is 0. The number of allylic oxidation sites excluding steroid dienone is 2. The molecule has 2 aromatic rings. The van der Waals surface area contributed by atoms with Crippen LogP contribution in [0.15, 0.2) is 36.0 Å². The van der Waals surface area contributed by atoms with E-state index in [0.29, 0.717) is 11.1 Å². The molecule has 2 fully saturated rings. The molecule has 0 radical (unpaired) electrons. The van der Waals surface area contributed by atoms with Gasteiger partial charge in [-0.3, -0.25) is 9.59 Å². The number of carbonyl (C=O) groups excluding carboxylic acids is 3. The number of hydrogen-bond donors (Lipinski definition) is 4. The van der Waals surface area contributed by atoms with Gasteiger partial charge in [-0.25, -0.2) is 4.79 Å². The Morgan fingerprint density at radius 1 is 1.10 bits per heavy atom. The molecule has 4 N–H and O–H groups in total. The molecule has 4 aliphatic rings. The summed E-state index contributed by atoms with van der Waals surface area (Å²) in [6.45, 7) is 4.69. The average Bonchev–Trinajstić information content (AvgIpc) is 3.22. The van der Waals surface area contributed by atoms with E-state index in [0.717, 1.165) is 0 Å². The lowest BCUT2D eigenvalue weighted by atomic mass is 9.78. The molecular weight excluding hydrogens is 510 g/mol. The molecule has 3 heterocycles. The fourth-order valence-corrected chi connectivity index (χ4v) is 5.90. The second kappa shape index (κ2) is 8.88. The Morgan fingerprint density at radius 2 is 1.85 bits per heavy atom. The third-order valence-electron chi connectivity index (χ3n) is 7.66. The van der Waals surface area contributed by atoms with Crippen molar-refractivity contribution >= 4 is 23.1 Å². The summed E-state index contributed by atoms with van der Waals surface area (Å²) in [6, 6.07) is 6.32. The highest BCUT2D eigenvalue weighted by Gasteiger charge is 2.55. The average molecular weight is 538 g/mol. The number of esters is 1. The van der Waals surface area contributed by atoms with Crippen molar-refractivity contribution in [1.29, 1.82) is 0 Å². The molecule has 0 unspecified atom stereocenters. The minimum Gasteiger partial charge on any atom is -0.507 e. The molecule has 0 aromatic heterocycles. The number of aryl methyl sites for hydroxylation is 1. The van der Waals surface area contributed by atoms with Crippen LogP contribution in [0.4, 0.5) is 0 Å². The van der Waals surface area contributed by atoms with Crippen molar-refractivity contribution < 1.29 is 49.0 Å². The zero-order valence-corrected chi connectivity index (χ0v) is 21.3. The van der Waals surface area contributed by atoms with E-state index in [-0.39, 0.29) is 45.9 Å². The first-order valence-electron chi connectivity index (χ1n) is 12.6. The fraction of sp³-hybridized carbons (Fsp3) is 0.393. The molecule has 0 spiro atoms. The molecule has 6 rings (SSSR count). The van der Waals surface area contributed by atoms with Gasteiger partial charge in [0.25, 0.3) is 0 Å². The van der Waals surface area contributed by atoms with Gasteiger partial charge in [0.15, 0.2) is 11.8 Å². The van der Waals surface area contributed by atoms with E-state index in [4.69, 9.17) is 14.2 Å². The summed E-state index contributed by atoms with van der Waals surface area (Å²) in [7, 11) is 0. The molecule has 0 bridgehead atoms. The molecule has 2 saturated heterocycles. The molecule has 7 atom stereocenters. The minimum atomic E-state index is -1.28. The van der Waals surface area contributed by atoms with Crippen molar-refractivity contribution in [2.24, 2.45) is 0 Å². The second-order valence-electron chi connectivity index (χ2n) is 10.4. The lowest BCUT2D eigenvalue weighted by Gasteiger charge is -2.40. The Bertz CT molecular complexity index is 1450. The van der Waals surface area contributed by atoms with Crippen LogP contribution in [0.1, 0.15) is 63.9 Å². The Hall–Kier alpha value is -3.77. The van der Waals surface area contributed by atoms with Crippen LogP contribution in [0.3, 0.4) is 0 Å². The summed E-state index contributed by atoms with van der Waals surface area (Å²) in [6.07, 6.45) is -6.47. The molecule has 11 nitrogen and oxygen atoms in total. The van der Waals surface area contributed by atoms with E-state index in [9.17, 15) is 34.8 Å². The quantitative estimate of drug-likeness (QED) is 0.418. The van der Waals surface area contributed by atoms with Gasteiger partial charge in [0.05, 0.1) is 29.4 Å². The van der Waals surface area contributed by atoms with Crippen LogP contribution in [0.25, 0.3) is 5.57 Å². The standard InChI is InChI=1S/C28H27NO10/c1-10-7-14-19(15(31)8-10)21-23(29-22(11(2)30)28(36)39-27(14)29)26(35)20-13(25(21)34)5-4-6-17(20)38-18-9-16(32)24(33)12(3)37-18/h4-8,11-12,16,18,22,24,27,30-33H,9H2,1-3H3/t11-,12-,16+,18-,22-,24-,27-/m0/s1. The first-order valence-corrected chi connectivity index (χ1v) is 12.6. The van der Waals surface area contributed by atoms with E-state index in [2.05, 4.69) is 0 Å². The summed E-state index contributed by atoms with van der Waals surface area (Å²) in [5.74, 6) is -2.26. The van der Waals surface area contributed by atoms with Crippen LogP contribution < -0.4 is 4.74 Å². The van der Waals surface area contributed by atoms with Crippen molar-refractivity contribution in [2.45, 2.75) is 70.2 Å². The topological polar surface area (TPSA) is 163 Å². The van der Waals surface area contributed by atoms with Crippen molar-refractivity contribution in [2.75, 3.05) is 0 Å². The number of aliphatic hydroxyl groups is 3. The van der Waals surface area contributed by atoms with Gasteiger partial charge in [0.2, 0.25) is 18.3 Å². The Kier molecular flexibility index (Phi) is 5.81. The van der Waals surface area contributed by atoms with Gasteiger partial charge < -0.3 is 39.5 Å². The van der Waals surface area contributed by atoms with Crippen molar-refractivity contribution in [3.63, 3.8) is 0 Å². The monoisotopic (exact) mass is 537 g/mol. The van der Waals surface area contributed by atoms with E-state index in [1.165, 1.54) is 36.1 Å². The van der Waals surface area contributed by atoms with Crippen LogP contribution in [-0.2, 0) is 14.3 Å². The molecule has 2 aromatic carbocycles. The van der Waals surface area contributed by atoms with E-state index < -0.39 is 60.5 Å². The Labute approximate surface area is 222 Å². The maximum atomic E-state index is 14.3. The van der Waals surface area contributed by atoms with E-state index in [1.54, 1.807) is 19.9 Å². The first-order chi connectivity index (χ1) is 18.5. The molecule has 1 aliphatic carbocycles. The number of hydrogen-bond acceptors (Lipinski definition) is 11. The molecule has 11 heteroatoms. The molecular formula is C28H27NO10. The number of benzene rings is 2. The molecule has 3 aliphatic heterocycles. The third kappa shape index (κ3) is 3.69. The number of phenolic OH excluding ortho intramolecular Hbond substituents is 1. The largest absolute Gasteiger partial charge is 0.507 e. The van der Waals surface area contributed by atoms with Crippen molar-refractivity contribution in [1.82, 2.24) is 4.90 Å². The van der Waals surface area contributed by atoms with Crippen LogP contribution in [0.5, 0.6) is 11.5 Å². The molecule has 0 saturated carbocycles. The molecule has 204 valence electrons. The van der Waals surface area contributed by atoms with Gasteiger partial charge in [0, 0.05) is 23.1 Å². The van der Waals surface area contributed by atoms with E-state index in [1.807, 2.05) is 0 Å². The maximum Gasteiger partial charge on any atom is 0.333 e. The van der Waals surface area contributed by atoms with Gasteiger partial charge in [-0.1, -0.05) is 12.1 Å². The number of rotatable bonds is 3. The number of ketones is 2. The summed E-state index contributed by atoms with van der Waals surface area (Å²) in [5.41, 5.74) is 0.709. The highest BCUT2D eigenvalue weighted by Crippen LogP contribution is 2.52. The van der Waals surface area contributed by atoms with Gasteiger partial charge in [-0.15, -0.1) is 0 Å². The molecule has 0 amide bonds. The van der Waals surface area contributed by atoms with Crippen molar-refractivity contribution in [3.05, 3.63) is 63.8 Å². The first kappa shape index (κ1) is 25.5. The van der Waals surface area contributed by atoms with Gasteiger partial charge in [-0.2, -0.15) is 0 Å².